The van der Waals surface area contributed by atoms with Crippen LogP contribution < -0.4 is 10.6 Å². The fraction of sp³-hybridized carbons (Fsp3) is 0.500. The van der Waals surface area contributed by atoms with Crippen LogP contribution in [-0.4, -0.2) is 24.4 Å². The summed E-state index contributed by atoms with van der Waals surface area (Å²) in [4.78, 5) is 22.5. The first kappa shape index (κ1) is 14.3. The van der Waals surface area contributed by atoms with Gasteiger partial charge in [0.15, 0.2) is 0 Å². The normalized spacial score (nSPS) is 16.1. The summed E-state index contributed by atoms with van der Waals surface area (Å²) in [5.74, 6) is -0.260. The minimum Gasteiger partial charge on any atom is -0.383 e. The molecule has 108 valence electrons. The lowest BCUT2D eigenvalue weighted by atomic mass is 9.70. The SMILES string of the molecule is CNc1ccc(C(=O)NCC2(C)CCC2)cc1[N+](=O)[O-]. The van der Waals surface area contributed by atoms with Gasteiger partial charge in [-0.3, -0.25) is 14.9 Å². The van der Waals surface area contributed by atoms with Gasteiger partial charge in [-0.15, -0.1) is 0 Å². The highest BCUT2D eigenvalue weighted by Crippen LogP contribution is 2.39. The quantitative estimate of drug-likeness (QED) is 0.640. The predicted octanol–water partition coefficient (Wildman–Crippen LogP) is 2.56. The van der Waals surface area contributed by atoms with Gasteiger partial charge in [0.1, 0.15) is 5.69 Å². The molecule has 0 unspecified atom stereocenters. The van der Waals surface area contributed by atoms with Gasteiger partial charge in [0.2, 0.25) is 0 Å². The Morgan fingerprint density at radius 1 is 1.45 bits per heavy atom. The standard InChI is InChI=1S/C14H19N3O3/c1-14(6-3-7-14)9-16-13(18)10-4-5-11(15-2)12(8-10)17(19)20/h4-5,8,15H,3,6-7,9H2,1-2H3,(H,16,18). The van der Waals surface area contributed by atoms with Gasteiger partial charge in [0.05, 0.1) is 4.92 Å². The van der Waals surface area contributed by atoms with Gasteiger partial charge in [-0.05, 0) is 30.4 Å². The number of nitro benzene ring substituents is 1. The summed E-state index contributed by atoms with van der Waals surface area (Å²) in [5.41, 5.74) is 0.818. The van der Waals surface area contributed by atoms with E-state index in [9.17, 15) is 14.9 Å². The smallest absolute Gasteiger partial charge is 0.293 e. The topological polar surface area (TPSA) is 84.3 Å². The third-order valence-corrected chi connectivity index (χ3v) is 3.96. The Kier molecular flexibility index (Phi) is 3.92. The van der Waals surface area contributed by atoms with Crippen molar-refractivity contribution >= 4 is 17.3 Å². The third kappa shape index (κ3) is 2.89. The first-order chi connectivity index (χ1) is 9.45. The van der Waals surface area contributed by atoms with Crippen LogP contribution in [-0.2, 0) is 0 Å². The number of benzene rings is 1. The van der Waals surface area contributed by atoms with E-state index >= 15 is 0 Å². The molecule has 0 bridgehead atoms. The second-order valence-electron chi connectivity index (χ2n) is 5.59. The van der Waals surface area contributed by atoms with Crippen LogP contribution in [0.4, 0.5) is 11.4 Å². The Bertz CT molecular complexity index is 538. The summed E-state index contributed by atoms with van der Waals surface area (Å²) in [5, 5.41) is 16.6. The molecule has 1 fully saturated rings. The van der Waals surface area contributed by atoms with Crippen molar-refractivity contribution in [3.63, 3.8) is 0 Å². The molecule has 1 aromatic rings. The molecule has 0 spiro atoms. The van der Waals surface area contributed by atoms with Crippen molar-refractivity contribution in [1.82, 2.24) is 5.32 Å². The van der Waals surface area contributed by atoms with Gasteiger partial charge in [0, 0.05) is 25.2 Å². The van der Waals surface area contributed by atoms with Crippen LogP contribution in [0, 0.1) is 15.5 Å². The van der Waals surface area contributed by atoms with Crippen molar-refractivity contribution in [2.24, 2.45) is 5.41 Å². The van der Waals surface area contributed by atoms with Crippen LogP contribution in [0.2, 0.25) is 0 Å². The van der Waals surface area contributed by atoms with Crippen LogP contribution in [0.1, 0.15) is 36.5 Å². The molecule has 0 heterocycles. The van der Waals surface area contributed by atoms with Gasteiger partial charge in [-0.25, -0.2) is 0 Å². The van der Waals surface area contributed by atoms with E-state index < -0.39 is 4.92 Å². The molecule has 0 saturated heterocycles. The number of carbonyl (C=O) groups excluding carboxylic acids is 1. The first-order valence-electron chi connectivity index (χ1n) is 6.70. The van der Waals surface area contributed by atoms with Crippen molar-refractivity contribution in [3.05, 3.63) is 33.9 Å². The molecule has 0 radical (unpaired) electrons. The number of nitro groups is 1. The van der Waals surface area contributed by atoms with Gasteiger partial charge in [-0.2, -0.15) is 0 Å². The van der Waals surface area contributed by atoms with Crippen LogP contribution in [0.25, 0.3) is 0 Å². The van der Waals surface area contributed by atoms with E-state index in [1.54, 1.807) is 19.2 Å². The number of nitrogens with one attached hydrogen (secondary N) is 2. The molecule has 6 heteroatoms. The van der Waals surface area contributed by atoms with Crippen molar-refractivity contribution in [1.29, 1.82) is 0 Å². The number of anilines is 1. The van der Waals surface area contributed by atoms with Gasteiger partial charge < -0.3 is 10.6 Å². The maximum absolute atomic E-state index is 12.1. The average Bonchev–Trinajstić information content (AvgIpc) is 2.41. The Balaban J connectivity index is 2.09. The van der Waals surface area contributed by atoms with Crippen molar-refractivity contribution < 1.29 is 9.72 Å². The van der Waals surface area contributed by atoms with E-state index in [1.165, 1.54) is 12.5 Å². The highest BCUT2D eigenvalue weighted by Gasteiger charge is 2.32. The Morgan fingerprint density at radius 2 is 2.15 bits per heavy atom. The van der Waals surface area contributed by atoms with E-state index in [-0.39, 0.29) is 17.0 Å². The molecule has 1 aromatic carbocycles. The fourth-order valence-electron chi connectivity index (χ4n) is 2.39. The lowest BCUT2D eigenvalue weighted by Gasteiger charge is -2.38. The summed E-state index contributed by atoms with van der Waals surface area (Å²) in [6.45, 7) is 2.76. The van der Waals surface area contributed by atoms with E-state index in [2.05, 4.69) is 17.6 Å². The van der Waals surface area contributed by atoms with E-state index in [1.807, 2.05) is 0 Å². The lowest BCUT2D eigenvalue weighted by Crippen LogP contribution is -2.39. The molecule has 6 nitrogen and oxygen atoms in total. The Labute approximate surface area is 117 Å². The molecule has 0 aromatic heterocycles. The number of amides is 1. The number of carbonyl (C=O) groups is 1. The van der Waals surface area contributed by atoms with Crippen molar-refractivity contribution in [2.75, 3.05) is 18.9 Å². The van der Waals surface area contributed by atoms with E-state index in [4.69, 9.17) is 0 Å². The number of rotatable bonds is 5. The predicted molar refractivity (Wildman–Crippen MR) is 76.9 cm³/mol. The monoisotopic (exact) mass is 277 g/mol. The number of hydrogen-bond donors (Lipinski definition) is 2. The Morgan fingerprint density at radius 3 is 2.65 bits per heavy atom. The van der Waals surface area contributed by atoms with Crippen molar-refractivity contribution in [2.45, 2.75) is 26.2 Å². The van der Waals surface area contributed by atoms with Crippen molar-refractivity contribution in [3.8, 4) is 0 Å². The zero-order chi connectivity index (χ0) is 14.8. The average molecular weight is 277 g/mol. The molecular formula is C14H19N3O3. The molecule has 1 aliphatic rings. The van der Waals surface area contributed by atoms with Gasteiger partial charge in [0.25, 0.3) is 11.6 Å². The van der Waals surface area contributed by atoms with Gasteiger partial charge in [-0.1, -0.05) is 13.3 Å². The third-order valence-electron chi connectivity index (χ3n) is 3.96. The molecular weight excluding hydrogens is 258 g/mol. The maximum atomic E-state index is 12.1. The highest BCUT2D eigenvalue weighted by atomic mass is 16.6. The fourth-order valence-corrected chi connectivity index (χ4v) is 2.39. The summed E-state index contributed by atoms with van der Waals surface area (Å²) < 4.78 is 0. The molecule has 0 atom stereocenters. The largest absolute Gasteiger partial charge is 0.383 e. The van der Waals surface area contributed by atoms with E-state index in [0.29, 0.717) is 17.8 Å². The molecule has 20 heavy (non-hydrogen) atoms. The Hall–Kier alpha value is -2.11. The zero-order valence-corrected chi connectivity index (χ0v) is 11.7. The van der Waals surface area contributed by atoms with Crippen LogP contribution in [0.5, 0.6) is 0 Å². The summed E-state index contributed by atoms with van der Waals surface area (Å²) in [6, 6.07) is 4.46. The maximum Gasteiger partial charge on any atom is 0.293 e. The lowest BCUT2D eigenvalue weighted by molar-refractivity contribution is -0.384. The minimum absolute atomic E-state index is 0.0880. The molecule has 1 saturated carbocycles. The van der Waals surface area contributed by atoms with Gasteiger partial charge >= 0.3 is 0 Å². The minimum atomic E-state index is -0.490. The molecule has 1 amide bonds. The van der Waals surface area contributed by atoms with Crippen LogP contribution in [0.3, 0.4) is 0 Å². The molecule has 0 aliphatic heterocycles. The molecule has 2 rings (SSSR count). The van der Waals surface area contributed by atoms with Crippen LogP contribution >= 0.6 is 0 Å². The number of hydrogen-bond acceptors (Lipinski definition) is 4. The molecule has 2 N–H and O–H groups in total. The first-order valence-corrected chi connectivity index (χ1v) is 6.70. The summed E-state index contributed by atoms with van der Waals surface area (Å²) in [7, 11) is 1.61. The second kappa shape index (κ2) is 5.48. The summed E-state index contributed by atoms with van der Waals surface area (Å²) >= 11 is 0. The van der Waals surface area contributed by atoms with Crippen LogP contribution in [0.15, 0.2) is 18.2 Å². The second-order valence-corrected chi connectivity index (χ2v) is 5.59. The number of nitrogens with zero attached hydrogens (tertiary/aromatic N) is 1. The molecule has 1 aliphatic carbocycles. The summed E-state index contributed by atoms with van der Waals surface area (Å²) in [6.07, 6.45) is 3.44. The highest BCUT2D eigenvalue weighted by molar-refractivity contribution is 5.95. The zero-order valence-electron chi connectivity index (χ0n) is 11.7. The van der Waals surface area contributed by atoms with E-state index in [0.717, 1.165) is 12.8 Å².